The van der Waals surface area contributed by atoms with Gasteiger partial charge in [0.25, 0.3) is 0 Å². The van der Waals surface area contributed by atoms with Gasteiger partial charge in [0.1, 0.15) is 17.3 Å². The van der Waals surface area contributed by atoms with E-state index in [0.717, 1.165) is 41.6 Å². The van der Waals surface area contributed by atoms with Gasteiger partial charge in [0.2, 0.25) is 0 Å². The number of nitrogens with zero attached hydrogens (tertiary/aromatic N) is 3. The molecular weight excluding hydrogens is 290 g/mol. The van der Waals surface area contributed by atoms with Gasteiger partial charge in [-0.15, -0.1) is 0 Å². The molecule has 3 aromatic rings. The molecule has 0 saturated carbocycles. The highest BCUT2D eigenvalue weighted by atomic mass is 16.5. The molecule has 0 N–H and O–H groups in total. The molecule has 0 saturated heterocycles. The Labute approximate surface area is 136 Å². The van der Waals surface area contributed by atoms with E-state index in [-0.39, 0.29) is 0 Å². The van der Waals surface area contributed by atoms with Gasteiger partial charge >= 0.3 is 0 Å². The van der Waals surface area contributed by atoms with E-state index in [1.807, 2.05) is 48.1 Å². The molecule has 0 unspecified atom stereocenters. The monoisotopic (exact) mass is 311 g/mol. The summed E-state index contributed by atoms with van der Waals surface area (Å²) in [6.07, 6.45) is 3.73. The number of aryl methyl sites for hydroxylation is 1. The summed E-state index contributed by atoms with van der Waals surface area (Å²) in [5.74, 6) is 2.75. The van der Waals surface area contributed by atoms with Gasteiger partial charge in [-0.2, -0.15) is 5.10 Å². The van der Waals surface area contributed by atoms with Crippen LogP contribution < -0.4 is 4.74 Å². The highest BCUT2D eigenvalue weighted by Gasteiger charge is 2.11. The van der Waals surface area contributed by atoms with Crippen LogP contribution in [0.15, 0.2) is 53.2 Å². The number of hydrogen-bond acceptors (Lipinski definition) is 4. The van der Waals surface area contributed by atoms with Gasteiger partial charge in [0.05, 0.1) is 19.3 Å². The Hall–Kier alpha value is -2.53. The summed E-state index contributed by atoms with van der Waals surface area (Å²) in [5, 5.41) is 4.34. The van der Waals surface area contributed by atoms with Crippen molar-refractivity contribution >= 4 is 0 Å². The average Bonchev–Trinajstić information content (AvgIpc) is 3.19. The van der Waals surface area contributed by atoms with Crippen LogP contribution >= 0.6 is 0 Å². The van der Waals surface area contributed by atoms with Crippen LogP contribution in [-0.4, -0.2) is 28.8 Å². The van der Waals surface area contributed by atoms with Gasteiger partial charge in [0, 0.05) is 18.9 Å². The molecule has 0 spiro atoms. The molecule has 2 heterocycles. The SMILES string of the molecule is COc1ccc(-n2cccn2)c(CN(C)Cc2ccc(C)o2)c1. The van der Waals surface area contributed by atoms with E-state index in [4.69, 9.17) is 9.15 Å². The lowest BCUT2D eigenvalue weighted by Gasteiger charge is -2.18. The van der Waals surface area contributed by atoms with Gasteiger partial charge in [-0.25, -0.2) is 4.68 Å². The first-order chi connectivity index (χ1) is 11.2. The van der Waals surface area contributed by atoms with Crippen LogP contribution in [0.25, 0.3) is 5.69 Å². The maximum absolute atomic E-state index is 5.66. The number of benzene rings is 1. The lowest BCUT2D eigenvalue weighted by atomic mass is 10.1. The second kappa shape index (κ2) is 6.71. The smallest absolute Gasteiger partial charge is 0.119 e. The van der Waals surface area contributed by atoms with Crippen molar-refractivity contribution in [2.45, 2.75) is 20.0 Å². The van der Waals surface area contributed by atoms with E-state index in [0.29, 0.717) is 0 Å². The lowest BCUT2D eigenvalue weighted by Crippen LogP contribution is -2.18. The number of methoxy groups -OCH3 is 1. The topological polar surface area (TPSA) is 43.4 Å². The molecule has 0 atom stereocenters. The first-order valence-corrected chi connectivity index (χ1v) is 7.56. The molecule has 0 bridgehead atoms. The highest BCUT2D eigenvalue weighted by Crippen LogP contribution is 2.22. The van der Waals surface area contributed by atoms with E-state index in [2.05, 4.69) is 23.1 Å². The first kappa shape index (κ1) is 15.4. The Morgan fingerprint density at radius 3 is 2.74 bits per heavy atom. The van der Waals surface area contributed by atoms with E-state index < -0.39 is 0 Å². The molecule has 0 amide bonds. The van der Waals surface area contributed by atoms with E-state index in [1.54, 1.807) is 13.3 Å². The fraction of sp³-hybridized carbons (Fsp3) is 0.278. The van der Waals surface area contributed by atoms with Crippen LogP contribution in [0.2, 0.25) is 0 Å². The van der Waals surface area contributed by atoms with E-state index in [9.17, 15) is 0 Å². The van der Waals surface area contributed by atoms with Crippen LogP contribution in [0.5, 0.6) is 5.75 Å². The molecule has 120 valence electrons. The van der Waals surface area contributed by atoms with E-state index >= 15 is 0 Å². The van der Waals surface area contributed by atoms with E-state index in [1.165, 1.54) is 0 Å². The van der Waals surface area contributed by atoms with Crippen LogP contribution in [0.3, 0.4) is 0 Å². The summed E-state index contributed by atoms with van der Waals surface area (Å²) >= 11 is 0. The maximum atomic E-state index is 5.66. The summed E-state index contributed by atoms with van der Waals surface area (Å²) in [4.78, 5) is 2.21. The van der Waals surface area contributed by atoms with Crippen molar-refractivity contribution in [3.05, 3.63) is 65.9 Å². The third-order valence-electron chi connectivity index (χ3n) is 3.70. The third-order valence-corrected chi connectivity index (χ3v) is 3.70. The molecule has 0 radical (unpaired) electrons. The van der Waals surface area contributed by atoms with Crippen molar-refractivity contribution in [1.29, 1.82) is 0 Å². The Kier molecular flexibility index (Phi) is 4.48. The Morgan fingerprint density at radius 1 is 1.22 bits per heavy atom. The fourth-order valence-electron chi connectivity index (χ4n) is 2.63. The highest BCUT2D eigenvalue weighted by molar-refractivity contribution is 5.45. The minimum atomic E-state index is 0.754. The molecule has 3 rings (SSSR count). The molecule has 23 heavy (non-hydrogen) atoms. The third kappa shape index (κ3) is 3.63. The van der Waals surface area contributed by atoms with Gasteiger partial charge in [0.15, 0.2) is 0 Å². The minimum absolute atomic E-state index is 0.754. The van der Waals surface area contributed by atoms with Gasteiger partial charge < -0.3 is 9.15 Å². The summed E-state index contributed by atoms with van der Waals surface area (Å²) in [7, 11) is 3.76. The van der Waals surface area contributed by atoms with Crippen molar-refractivity contribution in [3.8, 4) is 11.4 Å². The van der Waals surface area contributed by atoms with Crippen LogP contribution in [0, 0.1) is 6.92 Å². The number of furan rings is 1. The maximum Gasteiger partial charge on any atom is 0.119 e. The normalized spacial score (nSPS) is 11.1. The fourth-order valence-corrected chi connectivity index (χ4v) is 2.63. The van der Waals surface area contributed by atoms with Crippen molar-refractivity contribution in [2.75, 3.05) is 14.2 Å². The second-order valence-corrected chi connectivity index (χ2v) is 5.63. The van der Waals surface area contributed by atoms with Crippen molar-refractivity contribution < 1.29 is 9.15 Å². The lowest BCUT2D eigenvalue weighted by molar-refractivity contribution is 0.284. The number of rotatable bonds is 6. The number of ether oxygens (including phenoxy) is 1. The molecule has 0 fully saturated rings. The molecule has 0 aliphatic rings. The van der Waals surface area contributed by atoms with Crippen molar-refractivity contribution in [2.24, 2.45) is 0 Å². The van der Waals surface area contributed by atoms with Crippen LogP contribution in [-0.2, 0) is 13.1 Å². The molecule has 2 aromatic heterocycles. The van der Waals surface area contributed by atoms with Crippen molar-refractivity contribution in [1.82, 2.24) is 14.7 Å². The zero-order valence-corrected chi connectivity index (χ0v) is 13.7. The first-order valence-electron chi connectivity index (χ1n) is 7.56. The predicted molar refractivity (Wildman–Crippen MR) is 88.7 cm³/mol. The molecule has 1 aromatic carbocycles. The Morgan fingerprint density at radius 2 is 2.09 bits per heavy atom. The second-order valence-electron chi connectivity index (χ2n) is 5.63. The van der Waals surface area contributed by atoms with Crippen LogP contribution in [0.1, 0.15) is 17.1 Å². The summed E-state index contributed by atoms with van der Waals surface area (Å²) in [5.41, 5.74) is 2.21. The molecule has 0 aliphatic carbocycles. The summed E-state index contributed by atoms with van der Waals surface area (Å²) in [6, 6.07) is 12.0. The zero-order chi connectivity index (χ0) is 16.2. The molecule has 0 aliphatic heterocycles. The summed E-state index contributed by atoms with van der Waals surface area (Å²) in [6.45, 7) is 3.48. The van der Waals surface area contributed by atoms with Gasteiger partial charge in [-0.1, -0.05) is 0 Å². The zero-order valence-electron chi connectivity index (χ0n) is 13.7. The summed E-state index contributed by atoms with van der Waals surface area (Å²) < 4.78 is 12.9. The Balaban J connectivity index is 1.82. The Bertz CT molecular complexity index is 762. The minimum Gasteiger partial charge on any atom is -0.497 e. The van der Waals surface area contributed by atoms with Gasteiger partial charge in [-0.3, -0.25) is 4.90 Å². The average molecular weight is 311 g/mol. The predicted octanol–water partition coefficient (Wildman–Crippen LogP) is 3.41. The molecular formula is C18H21N3O2. The number of hydrogen-bond donors (Lipinski definition) is 0. The standard InChI is InChI=1S/C18H21N3O2/c1-14-5-6-17(23-14)13-20(2)12-15-11-16(22-3)7-8-18(15)21-10-4-9-19-21/h4-11H,12-13H2,1-3H3. The van der Waals surface area contributed by atoms with Gasteiger partial charge in [-0.05, 0) is 55.9 Å². The van der Waals surface area contributed by atoms with Crippen LogP contribution in [0.4, 0.5) is 0 Å². The quantitative estimate of drug-likeness (QED) is 0.699. The molecule has 5 heteroatoms. The number of aromatic nitrogens is 2. The van der Waals surface area contributed by atoms with Crippen molar-refractivity contribution in [3.63, 3.8) is 0 Å². The largest absolute Gasteiger partial charge is 0.497 e. The molecule has 5 nitrogen and oxygen atoms in total.